The molecule has 0 heterocycles. The molecule has 3 N–H and O–H groups in total. The molecule has 7 heteroatoms. The van der Waals surface area contributed by atoms with Gasteiger partial charge in [-0.05, 0) is 56.9 Å². The number of carbonyl (C=O) groups excluding carboxylic acids is 1. The summed E-state index contributed by atoms with van der Waals surface area (Å²) in [6.07, 6.45) is 1.39. The van der Waals surface area contributed by atoms with Gasteiger partial charge in [-0.2, -0.15) is 0 Å². The van der Waals surface area contributed by atoms with Crippen LogP contribution in [0.1, 0.15) is 30.9 Å². The van der Waals surface area contributed by atoms with Gasteiger partial charge in [0.05, 0.1) is 4.90 Å². The highest BCUT2D eigenvalue weighted by atomic mass is 32.2. The Kier molecular flexibility index (Phi) is 4.25. The van der Waals surface area contributed by atoms with Crippen molar-refractivity contribution >= 4 is 15.9 Å². The van der Waals surface area contributed by atoms with E-state index < -0.39 is 16.1 Å². The van der Waals surface area contributed by atoms with E-state index >= 15 is 0 Å². The second-order valence-corrected chi connectivity index (χ2v) is 6.97. The molecule has 0 spiro atoms. The third kappa shape index (κ3) is 3.95. The number of rotatable bonds is 5. The van der Waals surface area contributed by atoms with Gasteiger partial charge < -0.3 is 10.1 Å². The molecule has 1 atom stereocenters. The van der Waals surface area contributed by atoms with Crippen LogP contribution in [0.2, 0.25) is 0 Å². The van der Waals surface area contributed by atoms with E-state index in [2.05, 4.69) is 5.32 Å². The number of aryl methyl sites for hydroxylation is 2. The zero-order valence-electron chi connectivity index (χ0n) is 12.3. The van der Waals surface area contributed by atoms with Crippen LogP contribution in [0.25, 0.3) is 0 Å². The zero-order valence-corrected chi connectivity index (χ0v) is 13.2. The Morgan fingerprint density at radius 1 is 1.33 bits per heavy atom. The van der Waals surface area contributed by atoms with E-state index in [0.29, 0.717) is 16.9 Å². The lowest BCUT2D eigenvalue weighted by Crippen LogP contribution is -2.37. The molecule has 116 valence electrons. The Hall–Kier alpha value is -1.60. The van der Waals surface area contributed by atoms with Crippen molar-refractivity contribution in [2.75, 3.05) is 0 Å². The third-order valence-corrected chi connectivity index (χ3v) is 4.54. The molecule has 1 saturated carbocycles. The maximum Gasteiger partial charge on any atom is 0.260 e. The molecular formula is C14H20N2O4S. The number of carbonyl (C=O) groups is 1. The summed E-state index contributed by atoms with van der Waals surface area (Å²) in [5.41, 5.74) is 1.00. The monoisotopic (exact) mass is 312 g/mol. The van der Waals surface area contributed by atoms with Crippen LogP contribution in [0.5, 0.6) is 5.75 Å². The molecule has 1 unspecified atom stereocenters. The van der Waals surface area contributed by atoms with E-state index in [4.69, 9.17) is 9.88 Å². The largest absolute Gasteiger partial charge is 0.481 e. The average Bonchev–Trinajstić information content (AvgIpc) is 3.09. The Balaban J connectivity index is 2.15. The quantitative estimate of drug-likeness (QED) is 0.847. The minimum atomic E-state index is -3.77. The van der Waals surface area contributed by atoms with Gasteiger partial charge >= 0.3 is 0 Å². The number of hydrogen-bond donors (Lipinski definition) is 2. The summed E-state index contributed by atoms with van der Waals surface area (Å²) in [5.74, 6) is 0.291. The predicted octanol–water partition coefficient (Wildman–Crippen LogP) is 0.997. The molecule has 1 aromatic carbocycles. The summed E-state index contributed by atoms with van der Waals surface area (Å²) in [6, 6.07) is 3.43. The van der Waals surface area contributed by atoms with Crippen LogP contribution in [0.4, 0.5) is 0 Å². The average molecular weight is 312 g/mol. The summed E-state index contributed by atoms with van der Waals surface area (Å²) in [4.78, 5) is 11.9. The predicted molar refractivity (Wildman–Crippen MR) is 78.5 cm³/mol. The van der Waals surface area contributed by atoms with Gasteiger partial charge in [0.15, 0.2) is 6.10 Å². The van der Waals surface area contributed by atoms with Gasteiger partial charge in [0, 0.05) is 6.04 Å². The minimum absolute atomic E-state index is 0.102. The molecule has 1 fully saturated rings. The molecule has 1 aliphatic rings. The molecular weight excluding hydrogens is 292 g/mol. The number of benzene rings is 1. The van der Waals surface area contributed by atoms with Crippen molar-refractivity contribution in [2.24, 2.45) is 5.14 Å². The highest BCUT2D eigenvalue weighted by Gasteiger charge is 2.26. The van der Waals surface area contributed by atoms with Crippen molar-refractivity contribution in [3.63, 3.8) is 0 Å². The zero-order chi connectivity index (χ0) is 15.8. The standard InChI is InChI=1S/C14H20N2O4S/c1-8-6-12(7-9(2)13(8)21(15,18)19)20-10(3)14(17)16-11-4-5-11/h6-7,10-11H,4-5H2,1-3H3,(H,16,17)(H2,15,18,19). The number of hydrogen-bond acceptors (Lipinski definition) is 4. The normalized spacial score (nSPS) is 16.4. The lowest BCUT2D eigenvalue weighted by molar-refractivity contribution is -0.127. The van der Waals surface area contributed by atoms with Crippen LogP contribution in [0, 0.1) is 13.8 Å². The van der Waals surface area contributed by atoms with Crippen molar-refractivity contribution in [3.8, 4) is 5.75 Å². The highest BCUT2D eigenvalue weighted by molar-refractivity contribution is 7.89. The lowest BCUT2D eigenvalue weighted by atomic mass is 10.1. The molecule has 0 saturated heterocycles. The van der Waals surface area contributed by atoms with Crippen molar-refractivity contribution in [1.82, 2.24) is 5.32 Å². The van der Waals surface area contributed by atoms with E-state index in [9.17, 15) is 13.2 Å². The van der Waals surface area contributed by atoms with Crippen LogP contribution in [0.15, 0.2) is 17.0 Å². The first-order chi connectivity index (χ1) is 9.68. The fraction of sp³-hybridized carbons (Fsp3) is 0.500. The summed E-state index contributed by atoms with van der Waals surface area (Å²) in [6.45, 7) is 4.96. The molecule has 0 bridgehead atoms. The highest BCUT2D eigenvalue weighted by Crippen LogP contribution is 2.26. The van der Waals surface area contributed by atoms with E-state index in [1.807, 2.05) is 0 Å². The van der Waals surface area contributed by atoms with Crippen LogP contribution < -0.4 is 15.2 Å². The van der Waals surface area contributed by atoms with Gasteiger partial charge in [-0.15, -0.1) is 0 Å². The van der Waals surface area contributed by atoms with Gasteiger partial charge in [0.25, 0.3) is 5.91 Å². The number of amides is 1. The van der Waals surface area contributed by atoms with Crippen molar-refractivity contribution < 1.29 is 17.9 Å². The van der Waals surface area contributed by atoms with E-state index in [-0.39, 0.29) is 16.8 Å². The van der Waals surface area contributed by atoms with E-state index in [0.717, 1.165) is 12.8 Å². The molecule has 0 aromatic heterocycles. The molecule has 1 aliphatic carbocycles. The Morgan fingerprint density at radius 3 is 2.29 bits per heavy atom. The molecule has 1 aromatic rings. The summed E-state index contributed by atoms with van der Waals surface area (Å²) in [7, 11) is -3.77. The third-order valence-electron chi connectivity index (χ3n) is 3.32. The topological polar surface area (TPSA) is 98.5 Å². The molecule has 0 radical (unpaired) electrons. The van der Waals surface area contributed by atoms with Gasteiger partial charge in [-0.3, -0.25) is 4.79 Å². The molecule has 0 aliphatic heterocycles. The summed E-state index contributed by atoms with van der Waals surface area (Å²) >= 11 is 0. The first-order valence-electron chi connectivity index (χ1n) is 6.79. The van der Waals surface area contributed by atoms with E-state index in [1.54, 1.807) is 32.9 Å². The SMILES string of the molecule is Cc1cc(OC(C)C(=O)NC2CC2)cc(C)c1S(N)(=O)=O. The first-order valence-corrected chi connectivity index (χ1v) is 8.34. The van der Waals surface area contributed by atoms with Crippen molar-refractivity contribution in [3.05, 3.63) is 23.3 Å². The second kappa shape index (κ2) is 5.65. The fourth-order valence-electron chi connectivity index (χ4n) is 2.23. The summed E-state index contributed by atoms with van der Waals surface area (Å²) in [5, 5.41) is 8.05. The molecule has 6 nitrogen and oxygen atoms in total. The number of primary sulfonamides is 1. The second-order valence-electron chi connectivity index (χ2n) is 5.47. The minimum Gasteiger partial charge on any atom is -0.481 e. The number of sulfonamides is 1. The fourth-order valence-corrected chi connectivity index (χ4v) is 3.25. The molecule has 2 rings (SSSR count). The van der Waals surface area contributed by atoms with Crippen molar-refractivity contribution in [2.45, 2.75) is 50.7 Å². The maximum absolute atomic E-state index is 11.8. The lowest BCUT2D eigenvalue weighted by Gasteiger charge is -2.16. The Bertz CT molecular complexity index is 643. The van der Waals surface area contributed by atoms with Gasteiger partial charge in [-0.1, -0.05) is 0 Å². The number of nitrogens with two attached hydrogens (primary N) is 1. The molecule has 1 amide bonds. The Morgan fingerprint density at radius 2 is 1.86 bits per heavy atom. The van der Waals surface area contributed by atoms with Crippen molar-refractivity contribution in [1.29, 1.82) is 0 Å². The number of nitrogens with one attached hydrogen (secondary N) is 1. The molecule has 21 heavy (non-hydrogen) atoms. The van der Waals surface area contributed by atoms with E-state index in [1.165, 1.54) is 0 Å². The van der Waals surface area contributed by atoms with Crippen LogP contribution in [-0.4, -0.2) is 26.5 Å². The van der Waals surface area contributed by atoms with Crippen LogP contribution in [0.3, 0.4) is 0 Å². The van der Waals surface area contributed by atoms with Crippen LogP contribution in [-0.2, 0) is 14.8 Å². The summed E-state index contributed by atoms with van der Waals surface area (Å²) < 4.78 is 28.6. The first kappa shape index (κ1) is 15.8. The van der Waals surface area contributed by atoms with Gasteiger partial charge in [-0.25, -0.2) is 13.6 Å². The Labute approximate surface area is 124 Å². The van der Waals surface area contributed by atoms with Gasteiger partial charge in [0.2, 0.25) is 10.0 Å². The van der Waals surface area contributed by atoms with Crippen LogP contribution >= 0.6 is 0 Å². The maximum atomic E-state index is 11.8. The van der Waals surface area contributed by atoms with Gasteiger partial charge in [0.1, 0.15) is 5.75 Å². The number of ether oxygens (including phenoxy) is 1. The smallest absolute Gasteiger partial charge is 0.260 e.